The molecule has 0 spiro atoms. The molecule has 1 heterocycles. The minimum absolute atomic E-state index is 0.107. The number of carbonyl (C=O) groups is 4. The summed E-state index contributed by atoms with van der Waals surface area (Å²) in [5, 5.41) is 5.35. The molecule has 1 aliphatic heterocycles. The van der Waals surface area contributed by atoms with E-state index in [-0.39, 0.29) is 16.3 Å². The van der Waals surface area contributed by atoms with Crippen molar-refractivity contribution in [3.05, 3.63) is 94.7 Å². The number of unbranched alkanes of at least 4 members (excludes halogenated alkanes) is 1. The topological polar surface area (TPSA) is 114 Å². The van der Waals surface area contributed by atoms with E-state index >= 15 is 0 Å². The highest BCUT2D eigenvalue weighted by atomic mass is 35.5. The summed E-state index contributed by atoms with van der Waals surface area (Å²) < 4.78 is 10.3. The zero-order valence-electron chi connectivity index (χ0n) is 21.3. The number of hydrogen-bond acceptors (Lipinski definition) is 7. The second-order valence-electron chi connectivity index (χ2n) is 8.56. The molecule has 2 N–H and O–H groups in total. The van der Waals surface area contributed by atoms with Crippen LogP contribution in [0.3, 0.4) is 0 Å². The molecule has 0 aromatic heterocycles. The number of halogens is 1. The fourth-order valence-electron chi connectivity index (χ4n) is 3.78. The van der Waals surface area contributed by atoms with Crippen LogP contribution in [0.5, 0.6) is 5.75 Å². The van der Waals surface area contributed by atoms with E-state index in [1.807, 2.05) is 6.92 Å². The van der Waals surface area contributed by atoms with Gasteiger partial charge in [-0.15, -0.1) is 0 Å². The predicted octanol–water partition coefficient (Wildman–Crippen LogP) is 5.34. The Morgan fingerprint density at radius 1 is 0.897 bits per heavy atom. The Kier molecular flexibility index (Phi) is 8.63. The smallest absolute Gasteiger partial charge is 0.338 e. The lowest BCUT2D eigenvalue weighted by molar-refractivity contribution is -0.120. The third-order valence-corrected chi connectivity index (χ3v) is 6.19. The molecule has 1 aliphatic rings. The van der Waals surface area contributed by atoms with Crippen molar-refractivity contribution in [1.29, 1.82) is 0 Å². The van der Waals surface area contributed by atoms with Crippen molar-refractivity contribution in [3.63, 3.8) is 0 Å². The van der Waals surface area contributed by atoms with Gasteiger partial charge in [0.15, 0.2) is 0 Å². The van der Waals surface area contributed by atoms with Crippen molar-refractivity contribution in [3.8, 4) is 5.75 Å². The molecule has 200 valence electrons. The first kappa shape index (κ1) is 27.4. The van der Waals surface area contributed by atoms with E-state index in [1.54, 1.807) is 60.7 Å². The Labute approximate surface area is 230 Å². The zero-order valence-corrected chi connectivity index (χ0v) is 22.1. The van der Waals surface area contributed by atoms with Crippen molar-refractivity contribution in [2.45, 2.75) is 19.8 Å². The van der Waals surface area contributed by atoms with Crippen molar-refractivity contribution >= 4 is 52.4 Å². The number of ether oxygens (including phenoxy) is 2. The van der Waals surface area contributed by atoms with Crippen LogP contribution in [-0.2, 0) is 14.3 Å². The van der Waals surface area contributed by atoms with Gasteiger partial charge in [-0.2, -0.15) is 0 Å². The first-order chi connectivity index (χ1) is 18.8. The van der Waals surface area contributed by atoms with Crippen LogP contribution < -0.4 is 20.3 Å². The summed E-state index contributed by atoms with van der Waals surface area (Å²) in [6, 6.07) is 19.2. The summed E-state index contributed by atoms with van der Waals surface area (Å²) in [4.78, 5) is 51.9. The molecule has 3 amide bonds. The fourth-order valence-corrected chi connectivity index (χ4v) is 3.99. The number of hydrogen-bond donors (Lipinski definition) is 2. The molecule has 0 saturated carbocycles. The Hall–Kier alpha value is -4.63. The molecule has 3 aromatic rings. The van der Waals surface area contributed by atoms with Gasteiger partial charge in [0.1, 0.15) is 16.5 Å². The Morgan fingerprint density at radius 3 is 2.26 bits per heavy atom. The molecule has 0 atom stereocenters. The molecular weight excluding hydrogens is 522 g/mol. The number of carbonyl (C=O) groups excluding carboxylic acids is 4. The molecule has 0 bridgehead atoms. The van der Waals surface area contributed by atoms with E-state index in [2.05, 4.69) is 10.6 Å². The quantitative estimate of drug-likeness (QED) is 0.200. The van der Waals surface area contributed by atoms with Crippen LogP contribution in [0.4, 0.5) is 17.1 Å². The lowest BCUT2D eigenvalue weighted by atomic mass is 10.1. The molecule has 0 radical (unpaired) electrons. The summed E-state index contributed by atoms with van der Waals surface area (Å²) in [5.41, 5.74) is 1.63. The van der Waals surface area contributed by atoms with Crippen molar-refractivity contribution < 1.29 is 28.7 Å². The third-order valence-electron chi connectivity index (χ3n) is 5.84. The van der Waals surface area contributed by atoms with Crippen molar-refractivity contribution in [2.75, 3.05) is 29.3 Å². The number of rotatable bonds is 10. The highest BCUT2D eigenvalue weighted by Crippen LogP contribution is 2.31. The third kappa shape index (κ3) is 6.27. The van der Waals surface area contributed by atoms with Gasteiger partial charge in [0, 0.05) is 16.9 Å². The number of anilines is 3. The maximum atomic E-state index is 13.1. The van der Waals surface area contributed by atoms with Crippen LogP contribution in [0.1, 0.15) is 40.5 Å². The first-order valence-corrected chi connectivity index (χ1v) is 12.6. The number of imide groups is 1. The van der Waals surface area contributed by atoms with Crippen molar-refractivity contribution in [2.24, 2.45) is 0 Å². The highest BCUT2D eigenvalue weighted by Gasteiger charge is 2.39. The average Bonchev–Trinajstić information content (AvgIpc) is 3.16. The molecular formula is C29H26ClN3O6. The van der Waals surface area contributed by atoms with Gasteiger partial charge < -0.3 is 20.1 Å². The molecule has 9 nitrogen and oxygen atoms in total. The van der Waals surface area contributed by atoms with Gasteiger partial charge >= 0.3 is 5.97 Å². The second kappa shape index (κ2) is 12.3. The number of nitrogens with zero attached hydrogens (tertiary/aromatic N) is 1. The first-order valence-electron chi connectivity index (χ1n) is 12.2. The summed E-state index contributed by atoms with van der Waals surface area (Å²) in [6.07, 6.45) is 1.68. The number of nitrogens with one attached hydrogen (secondary N) is 2. The number of benzene rings is 3. The molecule has 10 heteroatoms. The van der Waals surface area contributed by atoms with Gasteiger partial charge in [-0.05, 0) is 67.1 Å². The van der Waals surface area contributed by atoms with Gasteiger partial charge in [-0.25, -0.2) is 9.69 Å². The van der Waals surface area contributed by atoms with Crippen LogP contribution in [0.15, 0.2) is 83.5 Å². The van der Waals surface area contributed by atoms with Crippen molar-refractivity contribution in [1.82, 2.24) is 0 Å². The SMILES string of the molecule is CCCCOC(=O)c1cccc(NC(=O)c2cccc(NC3=C(Cl)C(=O)N(c4ccc(OC)cc4)C3=O)c2)c1. The van der Waals surface area contributed by atoms with Crippen LogP contribution in [0.2, 0.25) is 0 Å². The summed E-state index contributed by atoms with van der Waals surface area (Å²) in [6.45, 7) is 2.33. The lowest BCUT2D eigenvalue weighted by Crippen LogP contribution is -2.32. The molecule has 4 rings (SSSR count). The van der Waals surface area contributed by atoms with Crippen LogP contribution >= 0.6 is 11.6 Å². The Bertz CT molecular complexity index is 1450. The van der Waals surface area contributed by atoms with Gasteiger partial charge in [0.05, 0.1) is 25.0 Å². The van der Waals surface area contributed by atoms with Gasteiger partial charge in [-0.1, -0.05) is 37.1 Å². The van der Waals surface area contributed by atoms with E-state index < -0.39 is 23.7 Å². The van der Waals surface area contributed by atoms with Gasteiger partial charge in [0.25, 0.3) is 17.7 Å². The normalized spacial score (nSPS) is 12.9. The molecule has 0 fully saturated rings. The highest BCUT2D eigenvalue weighted by molar-refractivity contribution is 6.53. The van der Waals surface area contributed by atoms with E-state index in [0.717, 1.165) is 17.7 Å². The Balaban J connectivity index is 1.46. The standard InChI is InChI=1S/C29H26ClN3O6/c1-3-4-15-39-29(37)19-8-6-10-21(17-19)32-26(34)18-7-5-9-20(16-18)31-25-24(30)27(35)33(28(25)36)22-11-13-23(38-2)14-12-22/h5-14,16-17,31H,3-4,15H2,1-2H3,(H,32,34). The van der Waals surface area contributed by atoms with E-state index in [9.17, 15) is 19.2 Å². The zero-order chi connectivity index (χ0) is 27.9. The van der Waals surface area contributed by atoms with E-state index in [1.165, 1.54) is 19.2 Å². The van der Waals surface area contributed by atoms with Gasteiger partial charge in [0.2, 0.25) is 0 Å². The van der Waals surface area contributed by atoms with Crippen LogP contribution in [0, 0.1) is 0 Å². The molecule has 3 aromatic carbocycles. The molecule has 0 unspecified atom stereocenters. The lowest BCUT2D eigenvalue weighted by Gasteiger charge is -2.15. The number of esters is 1. The van der Waals surface area contributed by atoms with E-state index in [4.69, 9.17) is 21.1 Å². The number of amides is 3. The van der Waals surface area contributed by atoms with Crippen LogP contribution in [-0.4, -0.2) is 37.4 Å². The summed E-state index contributed by atoms with van der Waals surface area (Å²) in [7, 11) is 1.51. The summed E-state index contributed by atoms with van der Waals surface area (Å²) in [5.74, 6) is -1.63. The average molecular weight is 548 g/mol. The largest absolute Gasteiger partial charge is 0.497 e. The monoisotopic (exact) mass is 547 g/mol. The summed E-state index contributed by atoms with van der Waals surface area (Å²) >= 11 is 6.23. The predicted molar refractivity (Wildman–Crippen MR) is 148 cm³/mol. The van der Waals surface area contributed by atoms with Gasteiger partial charge in [-0.3, -0.25) is 14.4 Å². The fraction of sp³-hybridized carbons (Fsp3) is 0.172. The minimum atomic E-state index is -0.670. The van der Waals surface area contributed by atoms with Crippen LogP contribution in [0.25, 0.3) is 0 Å². The number of methoxy groups -OCH3 is 1. The second-order valence-corrected chi connectivity index (χ2v) is 8.94. The Morgan fingerprint density at radius 2 is 1.56 bits per heavy atom. The molecule has 39 heavy (non-hydrogen) atoms. The maximum Gasteiger partial charge on any atom is 0.338 e. The molecule has 0 saturated heterocycles. The maximum absolute atomic E-state index is 13.1. The van der Waals surface area contributed by atoms with E-state index in [0.29, 0.717) is 35.0 Å². The minimum Gasteiger partial charge on any atom is -0.497 e. The molecule has 0 aliphatic carbocycles.